The lowest BCUT2D eigenvalue weighted by Gasteiger charge is -2.24. The molecule has 0 rings (SSSR count). The summed E-state index contributed by atoms with van der Waals surface area (Å²) in [5.41, 5.74) is 0. The molecule has 2 N–H and O–H groups in total. The summed E-state index contributed by atoms with van der Waals surface area (Å²) in [6.45, 7) is 9.04. The Kier molecular flexibility index (Phi) is 6.46. The maximum absolute atomic E-state index is 11.2. The van der Waals surface area contributed by atoms with E-state index in [1.807, 2.05) is 0 Å². The number of hydrogen-bond acceptors (Lipinski definition) is 2. The van der Waals surface area contributed by atoms with Gasteiger partial charge in [-0.3, -0.25) is 4.79 Å². The van der Waals surface area contributed by atoms with Crippen LogP contribution in [-0.4, -0.2) is 23.5 Å². The van der Waals surface area contributed by atoms with E-state index in [1.54, 1.807) is 0 Å². The minimum absolute atomic E-state index is 0.353. The van der Waals surface area contributed by atoms with E-state index in [1.165, 1.54) is 0 Å². The summed E-state index contributed by atoms with van der Waals surface area (Å²) in [6.07, 6.45) is 1.88. The van der Waals surface area contributed by atoms with Crippen molar-refractivity contribution in [3.05, 3.63) is 12.2 Å². The lowest BCUT2D eigenvalue weighted by molar-refractivity contribution is -0.131. The highest BCUT2D eigenvalue weighted by Crippen LogP contribution is 2.19. The van der Waals surface area contributed by atoms with Crippen molar-refractivity contribution in [3.8, 4) is 0 Å². The van der Waals surface area contributed by atoms with Crippen LogP contribution in [0.5, 0.6) is 0 Å². The normalized spacial score (nSPS) is 11.7. The van der Waals surface area contributed by atoms with Crippen LogP contribution in [0.25, 0.3) is 0 Å². The molecule has 4 heteroatoms. The Hall–Kier alpha value is -1.32. The van der Waals surface area contributed by atoms with Crippen LogP contribution >= 0.6 is 0 Å². The molecular formula is C12H21NO3. The molecule has 0 aromatic carbocycles. The highest BCUT2D eigenvalue weighted by molar-refractivity contribution is 5.93. The van der Waals surface area contributed by atoms with Gasteiger partial charge in [-0.2, -0.15) is 0 Å². The zero-order valence-electron chi connectivity index (χ0n) is 10.4. The first kappa shape index (κ1) is 14.7. The molecule has 0 aliphatic carbocycles. The molecular weight excluding hydrogens is 206 g/mol. The SMILES string of the molecule is CC(C)C(CNC(=O)/C=C/C(=O)O)C(C)C. The Bertz CT molecular complexity index is 261. The highest BCUT2D eigenvalue weighted by atomic mass is 16.4. The molecule has 1 amide bonds. The predicted octanol–water partition coefficient (Wildman–Crippen LogP) is 1.67. The number of carbonyl (C=O) groups excluding carboxylic acids is 1. The van der Waals surface area contributed by atoms with Crippen molar-refractivity contribution in [3.63, 3.8) is 0 Å². The Morgan fingerprint density at radius 2 is 1.62 bits per heavy atom. The van der Waals surface area contributed by atoms with Gasteiger partial charge in [0.2, 0.25) is 5.91 Å². The first-order valence-corrected chi connectivity index (χ1v) is 5.53. The molecule has 0 saturated carbocycles. The number of nitrogens with one attached hydrogen (secondary N) is 1. The van der Waals surface area contributed by atoms with Gasteiger partial charge in [-0.1, -0.05) is 27.7 Å². The molecule has 16 heavy (non-hydrogen) atoms. The smallest absolute Gasteiger partial charge is 0.328 e. The number of aliphatic carboxylic acids is 1. The van der Waals surface area contributed by atoms with Crippen LogP contribution in [0.4, 0.5) is 0 Å². The lowest BCUT2D eigenvalue weighted by Crippen LogP contribution is -2.33. The lowest BCUT2D eigenvalue weighted by atomic mass is 9.85. The highest BCUT2D eigenvalue weighted by Gasteiger charge is 2.17. The topological polar surface area (TPSA) is 66.4 Å². The molecule has 0 unspecified atom stereocenters. The summed E-state index contributed by atoms with van der Waals surface area (Å²) in [4.78, 5) is 21.4. The molecule has 0 aromatic rings. The van der Waals surface area contributed by atoms with Crippen molar-refractivity contribution < 1.29 is 14.7 Å². The molecule has 0 radical (unpaired) electrons. The zero-order chi connectivity index (χ0) is 12.7. The summed E-state index contributed by atoms with van der Waals surface area (Å²) in [6, 6.07) is 0. The van der Waals surface area contributed by atoms with E-state index in [0.29, 0.717) is 24.3 Å². The van der Waals surface area contributed by atoms with Crippen LogP contribution in [-0.2, 0) is 9.59 Å². The van der Waals surface area contributed by atoms with E-state index >= 15 is 0 Å². The van der Waals surface area contributed by atoms with Crippen molar-refractivity contribution in [2.24, 2.45) is 17.8 Å². The molecule has 0 bridgehead atoms. The fraction of sp³-hybridized carbons (Fsp3) is 0.667. The van der Waals surface area contributed by atoms with Crippen LogP contribution in [0.1, 0.15) is 27.7 Å². The van der Waals surface area contributed by atoms with Gasteiger partial charge in [0.05, 0.1) is 0 Å². The molecule has 0 fully saturated rings. The Morgan fingerprint density at radius 3 is 2.00 bits per heavy atom. The second-order valence-electron chi connectivity index (χ2n) is 4.57. The number of carbonyl (C=O) groups is 2. The van der Waals surface area contributed by atoms with Crippen molar-refractivity contribution >= 4 is 11.9 Å². The largest absolute Gasteiger partial charge is 0.478 e. The van der Waals surface area contributed by atoms with Gasteiger partial charge >= 0.3 is 5.97 Å². The van der Waals surface area contributed by atoms with Crippen LogP contribution < -0.4 is 5.32 Å². The van der Waals surface area contributed by atoms with E-state index in [-0.39, 0.29) is 5.91 Å². The number of rotatable bonds is 6. The molecule has 0 spiro atoms. The molecule has 4 nitrogen and oxygen atoms in total. The van der Waals surface area contributed by atoms with Gasteiger partial charge in [0.15, 0.2) is 0 Å². The van der Waals surface area contributed by atoms with Gasteiger partial charge in [0.25, 0.3) is 0 Å². The Labute approximate surface area is 96.7 Å². The van der Waals surface area contributed by atoms with Gasteiger partial charge in [0.1, 0.15) is 0 Å². The molecule has 0 heterocycles. The number of hydrogen-bond donors (Lipinski definition) is 2. The van der Waals surface area contributed by atoms with E-state index in [0.717, 1.165) is 12.2 Å². The summed E-state index contributed by atoms with van der Waals surface area (Å²) in [7, 11) is 0. The van der Waals surface area contributed by atoms with E-state index in [9.17, 15) is 9.59 Å². The third-order valence-electron chi connectivity index (χ3n) is 2.60. The Balaban J connectivity index is 4.11. The van der Waals surface area contributed by atoms with Gasteiger partial charge in [-0.05, 0) is 17.8 Å². The maximum atomic E-state index is 11.2. The second kappa shape index (κ2) is 7.04. The molecule has 0 aliphatic heterocycles. The van der Waals surface area contributed by atoms with Crippen molar-refractivity contribution in [1.29, 1.82) is 0 Å². The predicted molar refractivity (Wildman–Crippen MR) is 63.0 cm³/mol. The molecule has 92 valence electrons. The standard InChI is InChI=1S/C12H21NO3/c1-8(2)10(9(3)4)7-13-11(14)5-6-12(15)16/h5-6,8-10H,7H2,1-4H3,(H,13,14)(H,15,16)/b6-5+. The maximum Gasteiger partial charge on any atom is 0.328 e. The summed E-state index contributed by atoms with van der Waals surface area (Å²) in [5, 5.41) is 11.1. The Morgan fingerprint density at radius 1 is 1.12 bits per heavy atom. The van der Waals surface area contributed by atoms with Crippen molar-refractivity contribution in [1.82, 2.24) is 5.32 Å². The van der Waals surface area contributed by atoms with Crippen LogP contribution in [0.3, 0.4) is 0 Å². The monoisotopic (exact) mass is 227 g/mol. The van der Waals surface area contributed by atoms with E-state index in [4.69, 9.17) is 5.11 Å². The van der Waals surface area contributed by atoms with Gasteiger partial charge in [-0.25, -0.2) is 4.79 Å². The van der Waals surface area contributed by atoms with E-state index < -0.39 is 5.97 Å². The third-order valence-corrected chi connectivity index (χ3v) is 2.60. The first-order valence-electron chi connectivity index (χ1n) is 5.53. The van der Waals surface area contributed by atoms with Crippen LogP contribution in [0, 0.1) is 17.8 Å². The van der Waals surface area contributed by atoms with Gasteiger partial charge in [-0.15, -0.1) is 0 Å². The van der Waals surface area contributed by atoms with Crippen LogP contribution in [0.2, 0.25) is 0 Å². The fourth-order valence-corrected chi connectivity index (χ4v) is 1.67. The second-order valence-corrected chi connectivity index (χ2v) is 4.57. The molecule has 0 aliphatic rings. The van der Waals surface area contributed by atoms with E-state index in [2.05, 4.69) is 33.0 Å². The van der Waals surface area contributed by atoms with Crippen LogP contribution in [0.15, 0.2) is 12.2 Å². The average molecular weight is 227 g/mol. The number of amides is 1. The zero-order valence-corrected chi connectivity index (χ0v) is 10.4. The first-order chi connectivity index (χ1) is 7.34. The summed E-state index contributed by atoms with van der Waals surface area (Å²) < 4.78 is 0. The summed E-state index contributed by atoms with van der Waals surface area (Å²) in [5.74, 6) is -0.0807. The van der Waals surface area contributed by atoms with Crippen molar-refractivity contribution in [2.45, 2.75) is 27.7 Å². The van der Waals surface area contributed by atoms with Crippen molar-refractivity contribution in [2.75, 3.05) is 6.54 Å². The minimum Gasteiger partial charge on any atom is -0.478 e. The summed E-state index contributed by atoms with van der Waals surface area (Å²) >= 11 is 0. The minimum atomic E-state index is -1.11. The van der Waals surface area contributed by atoms with Gasteiger partial charge in [0, 0.05) is 18.7 Å². The van der Waals surface area contributed by atoms with Gasteiger partial charge < -0.3 is 10.4 Å². The fourth-order valence-electron chi connectivity index (χ4n) is 1.67. The third kappa shape index (κ3) is 6.22. The number of carboxylic acid groups (broad SMARTS) is 1. The number of carboxylic acids is 1. The molecule has 0 saturated heterocycles. The molecule has 0 aromatic heterocycles. The molecule has 0 atom stereocenters. The quantitative estimate of drug-likeness (QED) is 0.678. The average Bonchev–Trinajstić information content (AvgIpc) is 2.13.